The van der Waals surface area contributed by atoms with Crippen LogP contribution in [0.2, 0.25) is 0 Å². The molecule has 0 spiro atoms. The van der Waals surface area contributed by atoms with Crippen LogP contribution in [0.25, 0.3) is 11.3 Å². The first kappa shape index (κ1) is 17.6. The van der Waals surface area contributed by atoms with Crippen LogP contribution in [0.3, 0.4) is 0 Å². The van der Waals surface area contributed by atoms with Gasteiger partial charge in [-0.3, -0.25) is 19.3 Å². The lowest BCUT2D eigenvalue weighted by molar-refractivity contribution is 0.436. The van der Waals surface area contributed by atoms with E-state index in [-0.39, 0.29) is 11.1 Å². The van der Waals surface area contributed by atoms with Crippen LogP contribution in [-0.4, -0.2) is 58.5 Å². The predicted molar refractivity (Wildman–Crippen MR) is 102 cm³/mol. The van der Waals surface area contributed by atoms with Gasteiger partial charge >= 0.3 is 0 Å². The number of rotatable bonds is 3. The molecule has 3 atom stereocenters. The van der Waals surface area contributed by atoms with E-state index in [9.17, 15) is 9.18 Å². The molecule has 0 amide bonds. The number of amidine groups is 1. The first-order valence-electron chi connectivity index (χ1n) is 9.01. The maximum absolute atomic E-state index is 14.1. The molecule has 1 saturated carbocycles. The van der Waals surface area contributed by atoms with E-state index in [1.165, 1.54) is 22.9 Å². The Labute approximate surface area is 157 Å². The number of aromatic nitrogens is 3. The maximum Gasteiger partial charge on any atom is 0.255 e. The fourth-order valence-corrected chi connectivity index (χ4v) is 4.17. The number of halogens is 1. The average molecular weight is 370 g/mol. The number of piperidine rings is 1. The molecule has 8 heteroatoms. The van der Waals surface area contributed by atoms with Gasteiger partial charge in [0.1, 0.15) is 0 Å². The molecule has 0 N–H and O–H groups in total. The molecule has 2 aromatic heterocycles. The first-order valence-corrected chi connectivity index (χ1v) is 9.01. The van der Waals surface area contributed by atoms with Crippen LogP contribution in [0.1, 0.15) is 6.92 Å². The first-order chi connectivity index (χ1) is 12.9. The summed E-state index contributed by atoms with van der Waals surface area (Å²) in [6.45, 7) is 3.96. The van der Waals surface area contributed by atoms with E-state index >= 15 is 0 Å². The van der Waals surface area contributed by atoms with Gasteiger partial charge in [0.25, 0.3) is 5.56 Å². The molecular weight excluding hydrogens is 347 g/mol. The Kier molecular flexibility index (Phi) is 4.20. The summed E-state index contributed by atoms with van der Waals surface area (Å²) in [5.74, 6) is 2.19. The Morgan fingerprint density at radius 1 is 1.37 bits per heavy atom. The van der Waals surface area contributed by atoms with Crippen LogP contribution in [0.5, 0.6) is 0 Å². The third-order valence-corrected chi connectivity index (χ3v) is 5.85. The van der Waals surface area contributed by atoms with E-state index in [0.29, 0.717) is 29.5 Å². The minimum Gasteiger partial charge on any atom is -0.360 e. The molecule has 0 aromatic carbocycles. The Morgan fingerprint density at radius 2 is 2.07 bits per heavy atom. The zero-order valence-corrected chi connectivity index (χ0v) is 15.9. The monoisotopic (exact) mass is 370 g/mol. The number of pyridine rings is 1. The molecule has 27 heavy (non-hydrogen) atoms. The van der Waals surface area contributed by atoms with Gasteiger partial charge in [0.15, 0.2) is 5.82 Å². The highest BCUT2D eigenvalue weighted by atomic mass is 19.1. The number of hydrogen-bond acceptors (Lipinski definition) is 5. The number of likely N-dealkylation sites (tertiary alicyclic amines) is 1. The fourth-order valence-electron chi connectivity index (χ4n) is 4.17. The van der Waals surface area contributed by atoms with Crippen LogP contribution in [-0.2, 0) is 7.05 Å². The Morgan fingerprint density at radius 3 is 2.70 bits per heavy atom. The van der Waals surface area contributed by atoms with Crippen molar-refractivity contribution in [1.82, 2.24) is 19.4 Å². The lowest BCUT2D eigenvalue weighted by atomic mass is 10.2. The second kappa shape index (κ2) is 6.44. The van der Waals surface area contributed by atoms with Gasteiger partial charge in [-0.05, 0) is 13.0 Å². The normalized spacial score (nSPS) is 24.1. The summed E-state index contributed by atoms with van der Waals surface area (Å²) in [4.78, 5) is 29.5. The zero-order valence-electron chi connectivity index (χ0n) is 15.9. The Hall–Kier alpha value is -2.77. The third kappa shape index (κ3) is 2.89. The van der Waals surface area contributed by atoms with Crippen molar-refractivity contribution in [3.8, 4) is 11.3 Å². The number of aliphatic imine (C=N–C) groups is 1. The van der Waals surface area contributed by atoms with Crippen molar-refractivity contribution in [2.45, 2.75) is 13.0 Å². The highest BCUT2D eigenvalue weighted by Crippen LogP contribution is 2.49. The summed E-state index contributed by atoms with van der Waals surface area (Å²) < 4.78 is 15.6. The number of fused-ring (bicyclic) bond motifs is 1. The molecule has 2 unspecified atom stereocenters. The number of hydrogen-bond donors (Lipinski definition) is 0. The molecule has 0 bridgehead atoms. The summed E-state index contributed by atoms with van der Waals surface area (Å²) in [5, 5.41) is 0. The van der Waals surface area contributed by atoms with E-state index in [2.05, 4.69) is 24.8 Å². The van der Waals surface area contributed by atoms with Gasteiger partial charge < -0.3 is 9.80 Å². The molecule has 2 fully saturated rings. The van der Waals surface area contributed by atoms with Crippen molar-refractivity contribution in [2.24, 2.45) is 23.9 Å². The minimum absolute atomic E-state index is 0.209. The number of nitrogens with zero attached hydrogens (tertiary/aromatic N) is 6. The van der Waals surface area contributed by atoms with E-state index in [4.69, 9.17) is 0 Å². The highest BCUT2D eigenvalue weighted by molar-refractivity contribution is 5.80. The van der Waals surface area contributed by atoms with Crippen LogP contribution < -0.4 is 10.5 Å². The van der Waals surface area contributed by atoms with E-state index in [1.54, 1.807) is 7.05 Å². The van der Waals surface area contributed by atoms with Gasteiger partial charge in [-0.15, -0.1) is 0 Å². The van der Waals surface area contributed by atoms with Crippen molar-refractivity contribution in [3.05, 3.63) is 40.7 Å². The van der Waals surface area contributed by atoms with Crippen LogP contribution in [0, 0.1) is 17.7 Å². The van der Waals surface area contributed by atoms with E-state index in [1.807, 2.05) is 21.0 Å². The van der Waals surface area contributed by atoms with Gasteiger partial charge in [-0.25, -0.2) is 9.37 Å². The van der Waals surface area contributed by atoms with Crippen LogP contribution in [0.4, 0.5) is 10.3 Å². The average Bonchev–Trinajstić information content (AvgIpc) is 3.16. The molecular formula is C19H23FN6O. The minimum atomic E-state index is -0.486. The van der Waals surface area contributed by atoms with E-state index < -0.39 is 5.82 Å². The molecule has 0 radical (unpaired) electrons. The maximum atomic E-state index is 14.1. The second-order valence-corrected chi connectivity index (χ2v) is 7.30. The second-order valence-electron chi connectivity index (χ2n) is 7.30. The van der Waals surface area contributed by atoms with Crippen molar-refractivity contribution >= 4 is 11.8 Å². The van der Waals surface area contributed by atoms with Gasteiger partial charge in [0.2, 0.25) is 5.95 Å². The highest BCUT2D eigenvalue weighted by Gasteiger charge is 2.58. The van der Waals surface area contributed by atoms with Crippen molar-refractivity contribution in [1.29, 1.82) is 0 Å². The molecule has 1 aliphatic carbocycles. The SMILES string of the molecule is CN=C(C)N1CC2C(N(C)c3nc(-c4ccncc4F)cc(=O)n3C)[C@H]2C1. The summed E-state index contributed by atoms with van der Waals surface area (Å²) in [6, 6.07) is 3.24. The van der Waals surface area contributed by atoms with Crippen molar-refractivity contribution in [2.75, 3.05) is 32.1 Å². The quantitative estimate of drug-likeness (QED) is 0.604. The molecule has 7 nitrogen and oxygen atoms in total. The standard InChI is InChI=1S/C19H23FN6O/c1-11(21-2)26-9-13-14(10-26)18(13)25(4)19-23-16(7-17(27)24(19)3)12-5-6-22-8-15(12)20/h5-8,13-14,18H,9-10H2,1-4H3/t13-,14?,18?/m0/s1. The molecule has 1 aliphatic heterocycles. The Bertz CT molecular complexity index is 959. The molecule has 1 saturated heterocycles. The molecule has 3 heterocycles. The summed E-state index contributed by atoms with van der Waals surface area (Å²) in [5.41, 5.74) is 0.412. The van der Waals surface area contributed by atoms with E-state index in [0.717, 1.165) is 25.1 Å². The summed E-state index contributed by atoms with van der Waals surface area (Å²) in [7, 11) is 5.47. The summed E-state index contributed by atoms with van der Waals surface area (Å²) >= 11 is 0. The van der Waals surface area contributed by atoms with Crippen molar-refractivity contribution in [3.63, 3.8) is 0 Å². The fraction of sp³-hybridized carbons (Fsp3) is 0.474. The molecule has 2 aliphatic rings. The molecule has 2 aromatic rings. The molecule has 4 rings (SSSR count). The Balaban J connectivity index is 1.62. The van der Waals surface area contributed by atoms with Gasteiger partial charge in [-0.1, -0.05) is 0 Å². The zero-order chi connectivity index (χ0) is 19.3. The smallest absolute Gasteiger partial charge is 0.255 e. The molecule has 142 valence electrons. The third-order valence-electron chi connectivity index (χ3n) is 5.85. The lowest BCUT2D eigenvalue weighted by Crippen LogP contribution is -2.37. The largest absolute Gasteiger partial charge is 0.360 e. The lowest BCUT2D eigenvalue weighted by Gasteiger charge is -2.27. The predicted octanol–water partition coefficient (Wildman–Crippen LogP) is 1.40. The van der Waals surface area contributed by atoms with Crippen molar-refractivity contribution < 1.29 is 4.39 Å². The summed E-state index contributed by atoms with van der Waals surface area (Å²) in [6.07, 6.45) is 2.63. The van der Waals surface area contributed by atoms with Gasteiger partial charge in [0, 0.05) is 69.9 Å². The van der Waals surface area contributed by atoms with Gasteiger partial charge in [0.05, 0.1) is 17.7 Å². The van der Waals surface area contributed by atoms with Crippen LogP contribution >= 0.6 is 0 Å². The topological polar surface area (TPSA) is 66.6 Å². The number of anilines is 1. The van der Waals surface area contributed by atoms with Crippen LogP contribution in [0.15, 0.2) is 34.3 Å². The van der Waals surface area contributed by atoms with Gasteiger partial charge in [-0.2, -0.15) is 0 Å².